The van der Waals surface area contributed by atoms with Gasteiger partial charge < -0.3 is 5.32 Å². The second kappa shape index (κ2) is 6.72. The molecule has 1 amide bonds. The summed E-state index contributed by atoms with van der Waals surface area (Å²) in [5.41, 5.74) is 0.460. The normalized spacial score (nSPS) is 11.2. The van der Waals surface area contributed by atoms with Gasteiger partial charge in [-0.2, -0.15) is 0 Å². The molecule has 124 valence electrons. The summed E-state index contributed by atoms with van der Waals surface area (Å²) in [6.07, 6.45) is 2.82. The number of amides is 1. The third kappa shape index (κ3) is 3.91. The van der Waals surface area contributed by atoms with Crippen molar-refractivity contribution in [2.45, 2.75) is 11.4 Å². The summed E-state index contributed by atoms with van der Waals surface area (Å²) in [5, 5.41) is 15.0. The minimum absolute atomic E-state index is 0.0430. The molecular formula is C12H11N7O3S2. The molecule has 2 heterocycles. The zero-order valence-corrected chi connectivity index (χ0v) is 13.7. The first-order valence-corrected chi connectivity index (χ1v) is 8.92. The number of hydrogen-bond acceptors (Lipinski definition) is 8. The molecule has 2 N–H and O–H groups in total. The Morgan fingerprint density at radius 3 is 2.67 bits per heavy atom. The van der Waals surface area contributed by atoms with Gasteiger partial charge in [0, 0.05) is 17.3 Å². The van der Waals surface area contributed by atoms with Gasteiger partial charge in [0.2, 0.25) is 5.91 Å². The van der Waals surface area contributed by atoms with Crippen molar-refractivity contribution in [3.63, 3.8) is 0 Å². The second-order valence-electron chi connectivity index (χ2n) is 4.52. The average molecular weight is 365 g/mol. The van der Waals surface area contributed by atoms with Gasteiger partial charge in [0.05, 0.1) is 4.90 Å². The van der Waals surface area contributed by atoms with Crippen molar-refractivity contribution in [1.82, 2.24) is 25.2 Å². The van der Waals surface area contributed by atoms with Crippen LogP contribution in [0.15, 0.2) is 47.1 Å². The Bertz CT molecular complexity index is 906. The molecule has 0 aliphatic heterocycles. The lowest BCUT2D eigenvalue weighted by atomic mass is 10.3. The number of aromatic nitrogens is 5. The number of sulfonamides is 1. The summed E-state index contributed by atoms with van der Waals surface area (Å²) in [4.78, 5) is 15.7. The Kier molecular flexibility index (Phi) is 4.48. The fourth-order valence-corrected chi connectivity index (χ4v) is 3.55. The van der Waals surface area contributed by atoms with Crippen LogP contribution in [-0.4, -0.2) is 39.5 Å². The minimum atomic E-state index is -3.71. The van der Waals surface area contributed by atoms with Gasteiger partial charge in [-0.1, -0.05) is 0 Å². The molecule has 0 atom stereocenters. The minimum Gasteiger partial charge on any atom is -0.324 e. The summed E-state index contributed by atoms with van der Waals surface area (Å²) in [6.45, 7) is -0.0430. The number of hydrogen-bond donors (Lipinski definition) is 2. The van der Waals surface area contributed by atoms with E-state index >= 15 is 0 Å². The summed E-state index contributed by atoms with van der Waals surface area (Å²) in [7, 11) is -3.71. The lowest BCUT2D eigenvalue weighted by molar-refractivity contribution is -0.116. The van der Waals surface area contributed by atoms with Crippen molar-refractivity contribution in [3.05, 3.63) is 42.2 Å². The third-order valence-corrected chi connectivity index (χ3v) is 4.97. The third-order valence-electron chi connectivity index (χ3n) is 2.80. The first-order chi connectivity index (χ1) is 11.5. The lowest BCUT2D eigenvalue weighted by Gasteiger charge is -2.07. The maximum Gasteiger partial charge on any atom is 0.263 e. The Morgan fingerprint density at radius 2 is 2.04 bits per heavy atom. The molecule has 2 aromatic heterocycles. The van der Waals surface area contributed by atoms with Gasteiger partial charge in [0.15, 0.2) is 5.13 Å². The number of benzene rings is 1. The Morgan fingerprint density at radius 1 is 1.25 bits per heavy atom. The van der Waals surface area contributed by atoms with Crippen molar-refractivity contribution in [1.29, 1.82) is 0 Å². The van der Waals surface area contributed by atoms with Gasteiger partial charge in [-0.15, -0.1) is 16.4 Å². The molecule has 3 aromatic rings. The maximum atomic E-state index is 12.2. The zero-order chi connectivity index (χ0) is 17.0. The van der Waals surface area contributed by atoms with Gasteiger partial charge in [0.1, 0.15) is 12.9 Å². The van der Waals surface area contributed by atoms with Crippen LogP contribution in [0.4, 0.5) is 10.8 Å². The summed E-state index contributed by atoms with van der Waals surface area (Å²) in [6, 6.07) is 5.77. The number of carbonyl (C=O) groups excluding carboxylic acids is 1. The summed E-state index contributed by atoms with van der Waals surface area (Å²) in [5.74, 6) is -0.334. The molecule has 1 aromatic carbocycles. The van der Waals surface area contributed by atoms with Crippen molar-refractivity contribution >= 4 is 38.1 Å². The van der Waals surface area contributed by atoms with E-state index in [9.17, 15) is 13.2 Å². The molecule has 0 saturated heterocycles. The van der Waals surface area contributed by atoms with E-state index in [0.717, 1.165) is 0 Å². The highest BCUT2D eigenvalue weighted by Gasteiger charge is 2.15. The van der Waals surface area contributed by atoms with E-state index < -0.39 is 10.0 Å². The van der Waals surface area contributed by atoms with Gasteiger partial charge in [-0.25, -0.2) is 18.1 Å². The number of tetrazole rings is 1. The van der Waals surface area contributed by atoms with Crippen LogP contribution in [0.3, 0.4) is 0 Å². The number of thiazole rings is 1. The highest BCUT2D eigenvalue weighted by atomic mass is 32.2. The topological polar surface area (TPSA) is 132 Å². The zero-order valence-electron chi connectivity index (χ0n) is 12.0. The fraction of sp³-hybridized carbons (Fsp3) is 0.0833. The summed E-state index contributed by atoms with van der Waals surface area (Å²) < 4.78 is 28.0. The lowest BCUT2D eigenvalue weighted by Crippen LogP contribution is -2.19. The molecule has 0 unspecified atom stereocenters. The van der Waals surface area contributed by atoms with Crippen molar-refractivity contribution < 1.29 is 13.2 Å². The van der Waals surface area contributed by atoms with Crippen LogP contribution >= 0.6 is 11.3 Å². The number of nitrogens with one attached hydrogen (secondary N) is 2. The van der Waals surface area contributed by atoms with Crippen LogP contribution in [0.1, 0.15) is 0 Å². The van der Waals surface area contributed by atoms with Gasteiger partial charge in [-0.05, 0) is 34.7 Å². The molecule has 0 saturated carbocycles. The van der Waals surface area contributed by atoms with E-state index in [1.165, 1.54) is 52.8 Å². The average Bonchev–Trinajstić information content (AvgIpc) is 3.21. The molecule has 0 radical (unpaired) electrons. The quantitative estimate of drug-likeness (QED) is 0.652. The maximum absolute atomic E-state index is 12.2. The number of carbonyl (C=O) groups is 1. The fourth-order valence-electron chi connectivity index (χ4n) is 1.77. The monoisotopic (exact) mass is 365 g/mol. The van der Waals surface area contributed by atoms with E-state index in [4.69, 9.17) is 0 Å². The van der Waals surface area contributed by atoms with E-state index in [1.807, 2.05) is 0 Å². The number of anilines is 2. The van der Waals surface area contributed by atoms with Crippen LogP contribution in [0, 0.1) is 0 Å². The van der Waals surface area contributed by atoms with Crippen LogP contribution in [0.5, 0.6) is 0 Å². The number of nitrogens with zero attached hydrogens (tertiary/aromatic N) is 5. The molecule has 0 aliphatic carbocycles. The van der Waals surface area contributed by atoms with Crippen LogP contribution in [0.2, 0.25) is 0 Å². The molecule has 0 aliphatic rings. The highest BCUT2D eigenvalue weighted by Crippen LogP contribution is 2.19. The van der Waals surface area contributed by atoms with E-state index in [1.54, 1.807) is 5.38 Å². The van der Waals surface area contributed by atoms with Gasteiger partial charge in [0.25, 0.3) is 10.0 Å². The molecule has 0 bridgehead atoms. The second-order valence-corrected chi connectivity index (χ2v) is 7.10. The van der Waals surface area contributed by atoms with Crippen LogP contribution in [-0.2, 0) is 21.4 Å². The van der Waals surface area contributed by atoms with E-state index in [2.05, 4.69) is 30.5 Å². The molecule has 0 fully saturated rings. The van der Waals surface area contributed by atoms with E-state index in [-0.39, 0.29) is 22.5 Å². The van der Waals surface area contributed by atoms with Gasteiger partial charge in [-0.3, -0.25) is 9.52 Å². The molecule has 12 heteroatoms. The smallest absolute Gasteiger partial charge is 0.263 e. The predicted molar refractivity (Wildman–Crippen MR) is 85.8 cm³/mol. The molecule has 24 heavy (non-hydrogen) atoms. The predicted octanol–water partition coefficient (Wildman–Crippen LogP) is 0.569. The number of rotatable bonds is 6. The molecule has 0 spiro atoms. The molecule has 3 rings (SSSR count). The van der Waals surface area contributed by atoms with Gasteiger partial charge >= 0.3 is 0 Å². The van der Waals surface area contributed by atoms with Crippen molar-refractivity contribution in [2.75, 3.05) is 10.0 Å². The van der Waals surface area contributed by atoms with Crippen molar-refractivity contribution in [2.24, 2.45) is 0 Å². The SMILES string of the molecule is O=C(Cn1cnnn1)Nc1ccc(S(=O)(=O)Nc2nccs2)cc1. The molecule has 10 nitrogen and oxygen atoms in total. The Balaban J connectivity index is 1.65. The Labute approximate surface area is 140 Å². The van der Waals surface area contributed by atoms with Crippen LogP contribution < -0.4 is 10.0 Å². The first kappa shape index (κ1) is 16.0. The van der Waals surface area contributed by atoms with E-state index in [0.29, 0.717) is 5.69 Å². The van der Waals surface area contributed by atoms with Crippen LogP contribution in [0.25, 0.3) is 0 Å². The summed E-state index contributed by atoms with van der Waals surface area (Å²) >= 11 is 1.18. The van der Waals surface area contributed by atoms with Crippen molar-refractivity contribution in [3.8, 4) is 0 Å². The largest absolute Gasteiger partial charge is 0.324 e. The first-order valence-electron chi connectivity index (χ1n) is 6.56. The highest BCUT2D eigenvalue weighted by molar-refractivity contribution is 7.93. The standard InChI is InChI=1S/C12H11N7O3S2/c20-11(7-19-8-14-17-18-19)15-9-1-3-10(4-2-9)24(21,22)16-12-13-5-6-23-12/h1-6,8H,7H2,(H,13,16)(H,15,20). The molecular weight excluding hydrogens is 354 g/mol. The Hall–Kier alpha value is -2.86.